The van der Waals surface area contributed by atoms with E-state index in [-0.39, 0.29) is 17.2 Å². The van der Waals surface area contributed by atoms with Crippen LogP contribution in [0.1, 0.15) is 31.9 Å². The van der Waals surface area contributed by atoms with Gasteiger partial charge in [0.25, 0.3) is 0 Å². The number of nitrogens with zero attached hydrogens (tertiary/aromatic N) is 5. The third-order valence-corrected chi connectivity index (χ3v) is 5.24. The highest BCUT2D eigenvalue weighted by Crippen LogP contribution is 2.23. The highest BCUT2D eigenvalue weighted by Gasteiger charge is 2.27. The van der Waals surface area contributed by atoms with Gasteiger partial charge in [-0.25, -0.2) is 0 Å². The fraction of sp³-hybridized carbons (Fsp3) is 0.333. The van der Waals surface area contributed by atoms with Crippen molar-refractivity contribution in [2.75, 3.05) is 5.75 Å². The van der Waals surface area contributed by atoms with Gasteiger partial charge in [-0.1, -0.05) is 59.8 Å². The summed E-state index contributed by atoms with van der Waals surface area (Å²) in [7, 11) is 0. The molecule has 1 aromatic heterocycles. The minimum atomic E-state index is -0.281. The molecular weight excluding hydrogens is 370 g/mol. The maximum atomic E-state index is 13.0. The van der Waals surface area contributed by atoms with Gasteiger partial charge in [0.15, 0.2) is 0 Å². The van der Waals surface area contributed by atoms with Crippen molar-refractivity contribution in [3.05, 3.63) is 65.7 Å². The maximum Gasteiger partial charge on any atom is 0.233 e. The molecule has 0 aliphatic heterocycles. The summed E-state index contributed by atoms with van der Waals surface area (Å²) in [5.74, 6) is 0.330. The van der Waals surface area contributed by atoms with Gasteiger partial charge >= 0.3 is 0 Å². The predicted molar refractivity (Wildman–Crippen MR) is 111 cm³/mol. The summed E-state index contributed by atoms with van der Waals surface area (Å²) in [6, 6.07) is 18.0. The second kappa shape index (κ2) is 8.56. The summed E-state index contributed by atoms with van der Waals surface area (Å²) in [5.41, 5.74) is 2.88. The van der Waals surface area contributed by atoms with Crippen LogP contribution in [-0.4, -0.2) is 42.3 Å². The van der Waals surface area contributed by atoms with E-state index in [1.807, 2.05) is 66.4 Å². The summed E-state index contributed by atoms with van der Waals surface area (Å²) in [5, 5.41) is 12.5. The van der Waals surface area contributed by atoms with Crippen molar-refractivity contribution < 1.29 is 4.79 Å². The molecular formula is C21H25N5OS. The first-order valence-corrected chi connectivity index (χ1v) is 10.2. The molecule has 0 atom stereocenters. The van der Waals surface area contributed by atoms with Gasteiger partial charge in [0.2, 0.25) is 11.1 Å². The van der Waals surface area contributed by atoms with Gasteiger partial charge in [-0.2, -0.15) is 4.68 Å². The van der Waals surface area contributed by atoms with E-state index in [4.69, 9.17) is 0 Å². The Kier molecular flexibility index (Phi) is 6.14. The lowest BCUT2D eigenvalue weighted by Crippen LogP contribution is -2.45. The number of aryl methyl sites for hydroxylation is 1. The van der Waals surface area contributed by atoms with Crippen molar-refractivity contribution in [1.29, 1.82) is 0 Å². The highest BCUT2D eigenvalue weighted by molar-refractivity contribution is 7.99. The topological polar surface area (TPSA) is 63.9 Å². The number of hydrogen-bond donors (Lipinski definition) is 0. The molecule has 146 valence electrons. The quantitative estimate of drug-likeness (QED) is 0.593. The van der Waals surface area contributed by atoms with E-state index in [0.717, 1.165) is 11.3 Å². The molecule has 0 radical (unpaired) electrons. The largest absolute Gasteiger partial charge is 0.333 e. The molecule has 28 heavy (non-hydrogen) atoms. The molecule has 1 heterocycles. The Labute approximate surface area is 169 Å². The number of thioether (sulfide) groups is 1. The van der Waals surface area contributed by atoms with Crippen molar-refractivity contribution in [2.45, 2.75) is 44.9 Å². The van der Waals surface area contributed by atoms with Crippen LogP contribution in [0.4, 0.5) is 0 Å². The smallest absolute Gasteiger partial charge is 0.233 e. The van der Waals surface area contributed by atoms with E-state index in [2.05, 4.69) is 36.3 Å². The summed E-state index contributed by atoms with van der Waals surface area (Å²) >= 11 is 1.35. The molecule has 0 fully saturated rings. The zero-order chi connectivity index (χ0) is 20.1. The van der Waals surface area contributed by atoms with Gasteiger partial charge in [0, 0.05) is 12.1 Å². The Morgan fingerprint density at radius 3 is 2.39 bits per heavy atom. The second-order valence-corrected chi connectivity index (χ2v) is 8.58. The van der Waals surface area contributed by atoms with Crippen LogP contribution in [0.5, 0.6) is 0 Å². The SMILES string of the molecule is Cc1ccc(-n2nnnc2SCC(=O)N(Cc2ccccc2)C(C)(C)C)cc1. The molecule has 0 bridgehead atoms. The third-order valence-electron chi connectivity index (χ3n) is 4.34. The van der Waals surface area contributed by atoms with Gasteiger partial charge in [-0.3, -0.25) is 4.79 Å². The van der Waals surface area contributed by atoms with Crippen molar-refractivity contribution in [2.24, 2.45) is 0 Å². The summed E-state index contributed by atoms with van der Waals surface area (Å²) < 4.78 is 1.66. The predicted octanol–water partition coefficient (Wildman–Crippen LogP) is 3.89. The monoisotopic (exact) mass is 395 g/mol. The van der Waals surface area contributed by atoms with Gasteiger partial charge < -0.3 is 4.90 Å². The average molecular weight is 396 g/mol. The van der Waals surface area contributed by atoms with Crippen LogP contribution in [0.15, 0.2) is 59.8 Å². The van der Waals surface area contributed by atoms with Gasteiger partial charge in [-0.15, -0.1) is 5.10 Å². The van der Waals surface area contributed by atoms with Crippen LogP contribution in [0.3, 0.4) is 0 Å². The fourth-order valence-electron chi connectivity index (χ4n) is 2.79. The number of amides is 1. The molecule has 6 nitrogen and oxygen atoms in total. The molecule has 0 saturated carbocycles. The van der Waals surface area contributed by atoms with E-state index >= 15 is 0 Å². The second-order valence-electron chi connectivity index (χ2n) is 7.63. The highest BCUT2D eigenvalue weighted by atomic mass is 32.2. The molecule has 1 amide bonds. The van der Waals surface area contributed by atoms with Crippen molar-refractivity contribution in [3.63, 3.8) is 0 Å². The van der Waals surface area contributed by atoms with Crippen LogP contribution in [0.2, 0.25) is 0 Å². The molecule has 7 heteroatoms. The lowest BCUT2D eigenvalue weighted by Gasteiger charge is -2.36. The first-order valence-electron chi connectivity index (χ1n) is 9.17. The molecule has 0 unspecified atom stereocenters. The minimum absolute atomic E-state index is 0.0554. The molecule has 0 saturated heterocycles. The standard InChI is InChI=1S/C21H25N5OS/c1-16-10-12-18(13-11-16)26-20(22-23-24-26)28-15-19(27)25(21(2,3)4)14-17-8-6-5-7-9-17/h5-13H,14-15H2,1-4H3. The number of rotatable bonds is 6. The van der Waals surface area contributed by atoms with E-state index in [1.54, 1.807) is 4.68 Å². The van der Waals surface area contributed by atoms with Gasteiger partial charge in [0.05, 0.1) is 11.4 Å². The Morgan fingerprint density at radius 2 is 1.75 bits per heavy atom. The molecule has 2 aromatic carbocycles. The molecule has 3 aromatic rings. The first-order chi connectivity index (χ1) is 13.3. The van der Waals surface area contributed by atoms with Gasteiger partial charge in [-0.05, 0) is 55.8 Å². The number of hydrogen-bond acceptors (Lipinski definition) is 5. The van der Waals surface area contributed by atoms with E-state index in [9.17, 15) is 4.79 Å². The Bertz CT molecular complexity index is 916. The number of carbonyl (C=O) groups is 1. The van der Waals surface area contributed by atoms with Crippen molar-refractivity contribution in [1.82, 2.24) is 25.1 Å². The first kappa shape index (κ1) is 20.1. The number of carbonyl (C=O) groups excluding carboxylic acids is 1. The lowest BCUT2D eigenvalue weighted by atomic mass is 10.0. The van der Waals surface area contributed by atoms with Crippen LogP contribution >= 0.6 is 11.8 Å². The average Bonchev–Trinajstić information content (AvgIpc) is 3.13. The van der Waals surface area contributed by atoms with E-state index < -0.39 is 0 Å². The zero-order valence-electron chi connectivity index (χ0n) is 16.7. The molecule has 0 N–H and O–H groups in total. The van der Waals surface area contributed by atoms with E-state index in [0.29, 0.717) is 11.7 Å². The Balaban J connectivity index is 1.72. The third kappa shape index (κ3) is 4.98. The number of aromatic nitrogens is 4. The minimum Gasteiger partial charge on any atom is -0.333 e. The van der Waals surface area contributed by atoms with Crippen molar-refractivity contribution in [3.8, 4) is 5.69 Å². The summed E-state index contributed by atoms with van der Waals surface area (Å²) in [4.78, 5) is 14.9. The van der Waals surface area contributed by atoms with Crippen LogP contribution < -0.4 is 0 Å². The Hall–Kier alpha value is -2.67. The summed E-state index contributed by atoms with van der Waals surface area (Å²) in [6.07, 6.45) is 0. The number of tetrazole rings is 1. The lowest BCUT2D eigenvalue weighted by molar-refractivity contribution is -0.133. The molecule has 3 rings (SSSR count). The van der Waals surface area contributed by atoms with Crippen LogP contribution in [0.25, 0.3) is 5.69 Å². The molecule has 0 aliphatic rings. The zero-order valence-corrected chi connectivity index (χ0v) is 17.5. The normalized spacial score (nSPS) is 11.4. The van der Waals surface area contributed by atoms with Crippen LogP contribution in [-0.2, 0) is 11.3 Å². The maximum absolute atomic E-state index is 13.0. The van der Waals surface area contributed by atoms with Gasteiger partial charge in [0.1, 0.15) is 0 Å². The Morgan fingerprint density at radius 1 is 1.07 bits per heavy atom. The van der Waals surface area contributed by atoms with Crippen LogP contribution in [0, 0.1) is 6.92 Å². The van der Waals surface area contributed by atoms with Crippen molar-refractivity contribution >= 4 is 17.7 Å². The fourth-order valence-corrected chi connectivity index (χ4v) is 3.55. The summed E-state index contributed by atoms with van der Waals surface area (Å²) in [6.45, 7) is 8.76. The molecule has 0 spiro atoms. The van der Waals surface area contributed by atoms with E-state index in [1.165, 1.54) is 17.3 Å². The number of benzene rings is 2. The molecule has 0 aliphatic carbocycles.